The molecule has 0 radical (unpaired) electrons. The highest BCUT2D eigenvalue weighted by atomic mass is 19.4. The summed E-state index contributed by atoms with van der Waals surface area (Å²) in [7, 11) is -1.52. The Balaban J connectivity index is 2.11. The lowest BCUT2D eigenvalue weighted by molar-refractivity contribution is -0.274. The van der Waals surface area contributed by atoms with Gasteiger partial charge in [-0.15, -0.1) is 13.2 Å². The molecule has 1 aliphatic rings. The summed E-state index contributed by atoms with van der Waals surface area (Å²) in [5, 5.41) is 17.6. The molecule has 1 aromatic rings. The number of hydrogen-bond acceptors (Lipinski definition) is 3. The molecule has 2 rings (SSSR count). The Kier molecular flexibility index (Phi) is 3.60. The van der Waals surface area contributed by atoms with E-state index < -0.39 is 13.5 Å². The van der Waals surface area contributed by atoms with Crippen molar-refractivity contribution in [2.45, 2.75) is 24.6 Å². The maximum absolute atomic E-state index is 12.0. The molecule has 1 fully saturated rings. The number of benzene rings is 1. The van der Waals surface area contributed by atoms with E-state index in [9.17, 15) is 13.2 Å². The van der Waals surface area contributed by atoms with Crippen LogP contribution in [0.1, 0.15) is 18.4 Å². The molecular weight excluding hydrogens is 260 g/mol. The van der Waals surface area contributed by atoms with Gasteiger partial charge < -0.3 is 14.8 Å². The van der Waals surface area contributed by atoms with E-state index in [1.165, 1.54) is 18.1 Å². The van der Waals surface area contributed by atoms with Crippen LogP contribution in [0.5, 0.6) is 5.75 Å². The maximum Gasteiger partial charge on any atom is 0.573 e. The van der Waals surface area contributed by atoms with Crippen LogP contribution >= 0.6 is 0 Å². The molecule has 0 spiro atoms. The van der Waals surface area contributed by atoms with Gasteiger partial charge in [-0.05, 0) is 30.5 Å². The van der Waals surface area contributed by atoms with E-state index in [2.05, 4.69) is 4.74 Å². The van der Waals surface area contributed by atoms with Crippen LogP contribution in [0.3, 0.4) is 0 Å². The van der Waals surface area contributed by atoms with E-state index in [0.717, 1.165) is 18.4 Å². The predicted molar refractivity (Wildman–Crippen MR) is 63.4 cm³/mol. The molecular formula is C12H12BF3O3. The molecule has 7 heteroatoms. The Morgan fingerprint density at radius 3 is 2.16 bits per heavy atom. The van der Waals surface area contributed by atoms with Gasteiger partial charge in [0.2, 0.25) is 0 Å². The summed E-state index contributed by atoms with van der Waals surface area (Å²) >= 11 is 0. The molecule has 1 aliphatic carbocycles. The third-order valence-electron chi connectivity index (χ3n) is 3.04. The third-order valence-corrected chi connectivity index (χ3v) is 3.04. The number of allylic oxidation sites excluding steroid dienone is 1. The molecule has 3 nitrogen and oxygen atoms in total. The van der Waals surface area contributed by atoms with Gasteiger partial charge in [0.25, 0.3) is 0 Å². The van der Waals surface area contributed by atoms with Crippen molar-refractivity contribution in [3.05, 3.63) is 41.9 Å². The van der Waals surface area contributed by atoms with Crippen LogP contribution in [0.25, 0.3) is 0 Å². The van der Waals surface area contributed by atoms with Crippen molar-refractivity contribution in [1.82, 2.24) is 0 Å². The maximum atomic E-state index is 12.0. The van der Waals surface area contributed by atoms with Gasteiger partial charge in [-0.25, -0.2) is 0 Å². The molecule has 0 saturated heterocycles. The molecule has 1 aromatic carbocycles. The number of ether oxygens (including phenoxy) is 1. The van der Waals surface area contributed by atoms with Crippen LogP contribution < -0.4 is 4.74 Å². The molecule has 0 unspecified atom stereocenters. The minimum absolute atomic E-state index is 0.266. The van der Waals surface area contributed by atoms with Crippen molar-refractivity contribution >= 4 is 7.12 Å². The lowest BCUT2D eigenvalue weighted by atomic mass is 9.86. The normalized spacial score (nSPS) is 17.5. The Labute approximate surface area is 108 Å². The average molecular weight is 272 g/mol. The van der Waals surface area contributed by atoms with E-state index in [1.807, 2.05) is 0 Å². The highest BCUT2D eigenvalue weighted by Crippen LogP contribution is 2.49. The van der Waals surface area contributed by atoms with Gasteiger partial charge in [0.05, 0.1) is 0 Å². The number of hydrogen-bond donors (Lipinski definition) is 2. The fraction of sp³-hybridized carbons (Fsp3) is 0.333. The zero-order valence-electron chi connectivity index (χ0n) is 9.89. The van der Waals surface area contributed by atoms with Gasteiger partial charge in [-0.2, -0.15) is 0 Å². The third kappa shape index (κ3) is 3.75. The predicted octanol–water partition coefficient (Wildman–Crippen LogP) is 2.18. The van der Waals surface area contributed by atoms with Crippen LogP contribution in [-0.4, -0.2) is 23.5 Å². The highest BCUT2D eigenvalue weighted by Gasteiger charge is 2.42. The molecule has 0 aromatic heterocycles. The zero-order valence-corrected chi connectivity index (χ0v) is 9.89. The molecule has 102 valence electrons. The first-order valence-electron chi connectivity index (χ1n) is 5.73. The topological polar surface area (TPSA) is 49.7 Å². The Morgan fingerprint density at radius 2 is 1.74 bits per heavy atom. The second-order valence-electron chi connectivity index (χ2n) is 4.50. The summed E-state index contributed by atoms with van der Waals surface area (Å²) in [5.41, 5.74) is 0.541. The standard InChI is InChI=1S/C12H12BF3O3/c14-12(15,16)19-10-3-1-9(2-4-10)11(5-6-11)7-8-13(17)18/h1-4,7-8,17-18H,5-6H2. The Hall–Kier alpha value is -1.47. The van der Waals surface area contributed by atoms with E-state index in [1.54, 1.807) is 18.2 Å². The molecule has 0 heterocycles. The van der Waals surface area contributed by atoms with Gasteiger partial charge in [-0.3, -0.25) is 0 Å². The molecule has 0 amide bonds. The van der Waals surface area contributed by atoms with E-state index in [0.29, 0.717) is 0 Å². The van der Waals surface area contributed by atoms with Crippen LogP contribution in [0.15, 0.2) is 36.3 Å². The largest absolute Gasteiger partial charge is 0.573 e. The summed E-state index contributed by atoms with van der Waals surface area (Å²) in [6.07, 6.45) is -1.36. The first-order valence-corrected chi connectivity index (χ1v) is 5.73. The van der Waals surface area contributed by atoms with Crippen LogP contribution in [0.4, 0.5) is 13.2 Å². The fourth-order valence-electron chi connectivity index (χ4n) is 1.95. The van der Waals surface area contributed by atoms with Crippen molar-refractivity contribution in [1.29, 1.82) is 0 Å². The number of rotatable bonds is 4. The molecule has 0 atom stereocenters. The lowest BCUT2D eigenvalue weighted by Crippen LogP contribution is -2.17. The summed E-state index contributed by atoms with van der Waals surface area (Å²) < 4.78 is 39.8. The second kappa shape index (κ2) is 4.90. The minimum atomic E-state index is -4.69. The van der Waals surface area contributed by atoms with Crippen LogP contribution in [-0.2, 0) is 5.41 Å². The van der Waals surface area contributed by atoms with E-state index >= 15 is 0 Å². The fourth-order valence-corrected chi connectivity index (χ4v) is 1.95. The molecule has 19 heavy (non-hydrogen) atoms. The summed E-state index contributed by atoms with van der Waals surface area (Å²) in [6, 6.07) is 5.63. The molecule has 0 aliphatic heterocycles. The second-order valence-corrected chi connectivity index (χ2v) is 4.50. The SMILES string of the molecule is OB(O)C=CC1(c2ccc(OC(F)(F)F)cc2)CC1. The number of halogens is 3. The van der Waals surface area contributed by atoms with Crippen molar-refractivity contribution in [2.75, 3.05) is 0 Å². The van der Waals surface area contributed by atoms with Crippen LogP contribution in [0.2, 0.25) is 0 Å². The van der Waals surface area contributed by atoms with Crippen LogP contribution in [0, 0.1) is 0 Å². The minimum Gasteiger partial charge on any atom is -0.424 e. The lowest BCUT2D eigenvalue weighted by Gasteiger charge is -2.13. The quantitative estimate of drug-likeness (QED) is 0.826. The van der Waals surface area contributed by atoms with Gasteiger partial charge in [0.15, 0.2) is 0 Å². The molecule has 0 bridgehead atoms. The van der Waals surface area contributed by atoms with Gasteiger partial charge in [0.1, 0.15) is 5.75 Å². The summed E-state index contributed by atoms with van der Waals surface area (Å²) in [5.74, 6) is 0.992. The smallest absolute Gasteiger partial charge is 0.424 e. The summed E-state index contributed by atoms with van der Waals surface area (Å²) in [6.45, 7) is 0. The van der Waals surface area contributed by atoms with Gasteiger partial charge >= 0.3 is 13.5 Å². The van der Waals surface area contributed by atoms with Crippen molar-refractivity contribution in [2.24, 2.45) is 0 Å². The molecule has 2 N–H and O–H groups in total. The monoisotopic (exact) mass is 272 g/mol. The van der Waals surface area contributed by atoms with Crippen molar-refractivity contribution in [3.63, 3.8) is 0 Å². The highest BCUT2D eigenvalue weighted by molar-refractivity contribution is 6.47. The molecule has 1 saturated carbocycles. The first kappa shape index (κ1) is 14.0. The van der Waals surface area contributed by atoms with Crippen molar-refractivity contribution < 1.29 is 28.0 Å². The van der Waals surface area contributed by atoms with E-state index in [4.69, 9.17) is 10.0 Å². The van der Waals surface area contributed by atoms with Gasteiger partial charge in [-0.1, -0.05) is 24.2 Å². The summed E-state index contributed by atoms with van der Waals surface area (Å²) in [4.78, 5) is 0. The van der Waals surface area contributed by atoms with Crippen molar-refractivity contribution in [3.8, 4) is 5.75 Å². The first-order chi connectivity index (χ1) is 8.81. The van der Waals surface area contributed by atoms with E-state index in [-0.39, 0.29) is 11.2 Å². The van der Waals surface area contributed by atoms with Gasteiger partial charge in [0, 0.05) is 5.41 Å². The number of alkyl halides is 3. The zero-order chi connectivity index (χ0) is 14.1. The average Bonchev–Trinajstić information content (AvgIpc) is 3.06. The Morgan fingerprint density at radius 1 is 1.16 bits per heavy atom. The Bertz CT molecular complexity index is 464.